The second kappa shape index (κ2) is 4.77. The molecule has 0 aliphatic heterocycles. The minimum absolute atomic E-state index is 0.636. The number of nitrogens with one attached hydrogen (secondary N) is 1. The van der Waals surface area contributed by atoms with E-state index in [1.165, 1.54) is 37.2 Å². The van der Waals surface area contributed by atoms with Gasteiger partial charge in [-0.15, -0.1) is 0 Å². The predicted octanol–water partition coefficient (Wildman–Crippen LogP) is 3.99. The minimum atomic E-state index is 0.636. The standard InChI is InChI=1S/C16H19N3S/c17-15-13(10-4-2-1-3-5-10)16(20-19-15)18-14(11-6-7-11)12-8-9-12/h1-5,11-12,14,18H,6-9H2,(H2,17,19). The Kier molecular flexibility index (Phi) is 2.91. The third-order valence-corrected chi connectivity index (χ3v) is 5.13. The van der Waals surface area contributed by atoms with Crippen molar-refractivity contribution in [1.29, 1.82) is 0 Å². The number of nitrogen functional groups attached to an aromatic ring is 1. The van der Waals surface area contributed by atoms with Gasteiger partial charge in [0.1, 0.15) is 10.8 Å². The van der Waals surface area contributed by atoms with E-state index in [0.717, 1.165) is 28.0 Å². The molecule has 2 saturated carbocycles. The molecule has 20 heavy (non-hydrogen) atoms. The van der Waals surface area contributed by atoms with Crippen molar-refractivity contribution in [1.82, 2.24) is 4.37 Å². The molecule has 3 N–H and O–H groups in total. The molecule has 0 spiro atoms. The highest BCUT2D eigenvalue weighted by molar-refractivity contribution is 7.11. The van der Waals surface area contributed by atoms with Crippen LogP contribution in [0.1, 0.15) is 25.7 Å². The molecule has 1 aromatic carbocycles. The van der Waals surface area contributed by atoms with E-state index in [4.69, 9.17) is 5.73 Å². The summed E-state index contributed by atoms with van der Waals surface area (Å²) >= 11 is 1.50. The summed E-state index contributed by atoms with van der Waals surface area (Å²) in [5, 5.41) is 4.92. The molecule has 0 unspecified atom stereocenters. The average molecular weight is 285 g/mol. The Hall–Kier alpha value is -1.55. The lowest BCUT2D eigenvalue weighted by molar-refractivity contribution is 0.569. The Morgan fingerprint density at radius 2 is 1.75 bits per heavy atom. The van der Waals surface area contributed by atoms with Crippen LogP contribution in [0.2, 0.25) is 0 Å². The summed E-state index contributed by atoms with van der Waals surface area (Å²) in [4.78, 5) is 0. The number of aromatic nitrogens is 1. The first-order valence-electron chi connectivity index (χ1n) is 7.40. The van der Waals surface area contributed by atoms with Crippen LogP contribution in [-0.4, -0.2) is 10.4 Å². The van der Waals surface area contributed by atoms with Crippen LogP contribution in [0.25, 0.3) is 11.1 Å². The smallest absolute Gasteiger partial charge is 0.147 e. The van der Waals surface area contributed by atoms with E-state index in [0.29, 0.717) is 11.9 Å². The molecule has 0 bridgehead atoms. The van der Waals surface area contributed by atoms with Crippen molar-refractivity contribution in [2.24, 2.45) is 11.8 Å². The van der Waals surface area contributed by atoms with Crippen molar-refractivity contribution in [2.75, 3.05) is 11.1 Å². The summed E-state index contributed by atoms with van der Waals surface area (Å²) in [6, 6.07) is 11.0. The topological polar surface area (TPSA) is 50.9 Å². The van der Waals surface area contributed by atoms with Crippen LogP contribution in [-0.2, 0) is 0 Å². The number of hydrogen-bond acceptors (Lipinski definition) is 4. The quantitative estimate of drug-likeness (QED) is 0.873. The van der Waals surface area contributed by atoms with E-state index in [1.54, 1.807) is 0 Å². The number of hydrogen-bond donors (Lipinski definition) is 2. The highest BCUT2D eigenvalue weighted by atomic mass is 32.1. The fraction of sp³-hybridized carbons (Fsp3) is 0.438. The Labute approximate surface area is 123 Å². The van der Waals surface area contributed by atoms with Crippen molar-refractivity contribution in [2.45, 2.75) is 31.7 Å². The summed E-state index contributed by atoms with van der Waals surface area (Å²) < 4.78 is 4.36. The summed E-state index contributed by atoms with van der Waals surface area (Å²) in [5.74, 6) is 2.39. The molecule has 4 heteroatoms. The van der Waals surface area contributed by atoms with Gasteiger partial charge in [-0.1, -0.05) is 30.3 Å². The molecular formula is C16H19N3S. The highest BCUT2D eigenvalue weighted by Gasteiger charge is 2.42. The van der Waals surface area contributed by atoms with E-state index >= 15 is 0 Å². The fourth-order valence-corrected chi connectivity index (χ4v) is 3.75. The molecule has 0 amide bonds. The summed E-state index contributed by atoms with van der Waals surface area (Å²) in [7, 11) is 0. The van der Waals surface area contributed by atoms with Crippen LogP contribution < -0.4 is 11.1 Å². The minimum Gasteiger partial charge on any atom is -0.382 e. The van der Waals surface area contributed by atoms with E-state index in [2.05, 4.69) is 34.0 Å². The number of anilines is 2. The zero-order valence-electron chi connectivity index (χ0n) is 11.4. The third kappa shape index (κ3) is 2.29. The van der Waals surface area contributed by atoms with Crippen molar-refractivity contribution >= 4 is 22.4 Å². The van der Waals surface area contributed by atoms with Crippen molar-refractivity contribution < 1.29 is 0 Å². The summed E-state index contributed by atoms with van der Waals surface area (Å²) in [6.07, 6.45) is 5.51. The molecule has 1 heterocycles. The maximum absolute atomic E-state index is 6.09. The average Bonchev–Trinajstić information content (AvgIpc) is 3.36. The Morgan fingerprint density at radius 3 is 2.35 bits per heavy atom. The number of nitrogens with two attached hydrogens (primary N) is 1. The molecule has 0 atom stereocenters. The van der Waals surface area contributed by atoms with Gasteiger partial charge in [0.05, 0.1) is 5.56 Å². The lowest BCUT2D eigenvalue weighted by atomic mass is 10.1. The molecule has 0 radical (unpaired) electrons. The highest BCUT2D eigenvalue weighted by Crippen LogP contribution is 2.47. The maximum Gasteiger partial charge on any atom is 0.147 e. The van der Waals surface area contributed by atoms with Crippen LogP contribution in [0.3, 0.4) is 0 Å². The first-order chi connectivity index (χ1) is 9.83. The maximum atomic E-state index is 6.09. The molecule has 2 fully saturated rings. The molecule has 2 aliphatic rings. The first-order valence-corrected chi connectivity index (χ1v) is 8.17. The second-order valence-electron chi connectivity index (χ2n) is 5.98. The van der Waals surface area contributed by atoms with Gasteiger partial charge < -0.3 is 11.1 Å². The van der Waals surface area contributed by atoms with E-state index in [1.807, 2.05) is 6.07 Å². The number of nitrogens with zero attached hydrogens (tertiary/aromatic N) is 1. The van der Waals surface area contributed by atoms with Crippen molar-refractivity contribution in [3.05, 3.63) is 30.3 Å². The largest absolute Gasteiger partial charge is 0.382 e. The zero-order valence-corrected chi connectivity index (χ0v) is 12.2. The van der Waals surface area contributed by atoms with Crippen molar-refractivity contribution in [3.63, 3.8) is 0 Å². The van der Waals surface area contributed by atoms with Crippen LogP contribution in [0.15, 0.2) is 30.3 Å². The SMILES string of the molecule is Nc1nsc(NC(C2CC2)C2CC2)c1-c1ccccc1. The van der Waals surface area contributed by atoms with Gasteiger partial charge in [0.2, 0.25) is 0 Å². The number of rotatable bonds is 5. The molecule has 2 aromatic rings. The first kappa shape index (κ1) is 12.2. The van der Waals surface area contributed by atoms with Crippen LogP contribution in [0, 0.1) is 11.8 Å². The van der Waals surface area contributed by atoms with Gasteiger partial charge in [-0.05, 0) is 54.6 Å². The van der Waals surface area contributed by atoms with Gasteiger partial charge in [-0.3, -0.25) is 0 Å². The Bertz CT molecular complexity index is 587. The van der Waals surface area contributed by atoms with Crippen LogP contribution in [0.5, 0.6) is 0 Å². The van der Waals surface area contributed by atoms with Gasteiger partial charge in [-0.25, -0.2) is 0 Å². The van der Waals surface area contributed by atoms with Crippen LogP contribution in [0.4, 0.5) is 10.8 Å². The van der Waals surface area contributed by atoms with Gasteiger partial charge >= 0.3 is 0 Å². The van der Waals surface area contributed by atoms with Gasteiger partial charge in [0.25, 0.3) is 0 Å². The lowest BCUT2D eigenvalue weighted by Crippen LogP contribution is -2.23. The lowest BCUT2D eigenvalue weighted by Gasteiger charge is -2.18. The number of benzene rings is 1. The molecule has 1 aromatic heterocycles. The molecule has 2 aliphatic carbocycles. The van der Waals surface area contributed by atoms with Crippen molar-refractivity contribution in [3.8, 4) is 11.1 Å². The summed E-state index contributed by atoms with van der Waals surface area (Å²) in [6.45, 7) is 0. The fourth-order valence-electron chi connectivity index (χ4n) is 2.97. The van der Waals surface area contributed by atoms with E-state index in [-0.39, 0.29) is 0 Å². The molecule has 4 rings (SSSR count). The van der Waals surface area contributed by atoms with E-state index < -0.39 is 0 Å². The molecular weight excluding hydrogens is 266 g/mol. The van der Waals surface area contributed by atoms with Gasteiger partial charge in [0, 0.05) is 6.04 Å². The molecule has 104 valence electrons. The molecule has 3 nitrogen and oxygen atoms in total. The van der Waals surface area contributed by atoms with E-state index in [9.17, 15) is 0 Å². The molecule has 0 saturated heterocycles. The zero-order chi connectivity index (χ0) is 13.5. The third-order valence-electron chi connectivity index (χ3n) is 4.34. The van der Waals surface area contributed by atoms with Gasteiger partial charge in [-0.2, -0.15) is 4.37 Å². The van der Waals surface area contributed by atoms with Crippen LogP contribution >= 0.6 is 11.5 Å². The Morgan fingerprint density at radius 1 is 1.10 bits per heavy atom. The second-order valence-corrected chi connectivity index (χ2v) is 6.76. The Balaban J connectivity index is 1.65. The predicted molar refractivity (Wildman–Crippen MR) is 84.8 cm³/mol. The monoisotopic (exact) mass is 285 g/mol. The normalized spacial score (nSPS) is 18.4. The summed E-state index contributed by atoms with van der Waals surface area (Å²) in [5.41, 5.74) is 8.34. The van der Waals surface area contributed by atoms with Gasteiger partial charge in [0.15, 0.2) is 0 Å².